The quantitative estimate of drug-likeness (QED) is 0.913. The van der Waals surface area contributed by atoms with Crippen molar-refractivity contribution in [3.8, 4) is 6.07 Å². The minimum Gasteiger partial charge on any atom is -0.446 e. The summed E-state index contributed by atoms with van der Waals surface area (Å²) in [5, 5.41) is 11.0. The van der Waals surface area contributed by atoms with Gasteiger partial charge in [-0.15, -0.1) is 0 Å². The van der Waals surface area contributed by atoms with E-state index in [1.807, 2.05) is 6.07 Å². The Balaban J connectivity index is 1.95. The smallest absolute Gasteiger partial charge is 0.414 e. The third kappa shape index (κ3) is 4.58. The van der Waals surface area contributed by atoms with Gasteiger partial charge in [0, 0.05) is 5.56 Å². The van der Waals surface area contributed by atoms with Crippen LogP contribution in [0.4, 0.5) is 4.79 Å². The maximum atomic E-state index is 12.1. The summed E-state index contributed by atoms with van der Waals surface area (Å²) in [6.45, 7) is 6.43. The summed E-state index contributed by atoms with van der Waals surface area (Å²) in [5.41, 5.74) is 0.786. The van der Waals surface area contributed by atoms with Crippen LogP contribution in [0.5, 0.6) is 0 Å². The van der Waals surface area contributed by atoms with Crippen LogP contribution in [-0.2, 0) is 4.74 Å². The van der Waals surface area contributed by atoms with Crippen LogP contribution in [0.3, 0.4) is 0 Å². The molecule has 1 fully saturated rings. The van der Waals surface area contributed by atoms with Crippen molar-refractivity contribution in [2.75, 3.05) is 0 Å². The highest BCUT2D eigenvalue weighted by molar-refractivity contribution is 6.02. The largest absolute Gasteiger partial charge is 0.446 e. The molecule has 2 amide bonds. The van der Waals surface area contributed by atoms with E-state index >= 15 is 0 Å². The molecule has 1 N–H and O–H groups in total. The Morgan fingerprint density at radius 3 is 2.50 bits per heavy atom. The summed E-state index contributed by atoms with van der Waals surface area (Å²) in [5.74, 6) is 0.767. The summed E-state index contributed by atoms with van der Waals surface area (Å²) < 4.78 is 5.55. The third-order valence-corrected chi connectivity index (χ3v) is 4.71. The molecule has 0 heterocycles. The van der Waals surface area contributed by atoms with Gasteiger partial charge in [-0.1, -0.05) is 27.2 Å². The molecule has 0 radical (unpaired) electrons. The molecule has 3 atom stereocenters. The number of hydrogen-bond donors (Lipinski definition) is 1. The Labute approximate surface area is 143 Å². The molecule has 3 unspecified atom stereocenters. The Hall–Kier alpha value is -2.35. The SMILES string of the molecule is CC1CCC(C(C)C)C(OC(=O)NC(=O)c2ccc(C#N)cc2)C1. The molecule has 24 heavy (non-hydrogen) atoms. The maximum absolute atomic E-state index is 12.1. The summed E-state index contributed by atoms with van der Waals surface area (Å²) in [6.07, 6.45) is 2.17. The summed E-state index contributed by atoms with van der Waals surface area (Å²) >= 11 is 0. The van der Waals surface area contributed by atoms with E-state index in [9.17, 15) is 9.59 Å². The van der Waals surface area contributed by atoms with Gasteiger partial charge in [0.05, 0.1) is 11.6 Å². The average molecular weight is 328 g/mol. The lowest BCUT2D eigenvalue weighted by Crippen LogP contribution is -2.40. The number of nitrogens with one attached hydrogen (secondary N) is 1. The van der Waals surface area contributed by atoms with Gasteiger partial charge in [-0.25, -0.2) is 4.79 Å². The van der Waals surface area contributed by atoms with Gasteiger partial charge in [-0.3, -0.25) is 10.1 Å². The second kappa shape index (κ2) is 7.96. The number of nitriles is 1. The van der Waals surface area contributed by atoms with E-state index in [1.165, 1.54) is 24.3 Å². The fourth-order valence-electron chi connectivity index (χ4n) is 3.28. The van der Waals surface area contributed by atoms with E-state index in [4.69, 9.17) is 10.00 Å². The fraction of sp³-hybridized carbons (Fsp3) is 0.526. The number of alkyl carbamates (subject to hydrolysis) is 1. The Bertz CT molecular complexity index is 631. The van der Waals surface area contributed by atoms with E-state index in [0.717, 1.165) is 19.3 Å². The number of benzene rings is 1. The van der Waals surface area contributed by atoms with Gasteiger partial charge < -0.3 is 4.74 Å². The van der Waals surface area contributed by atoms with Gasteiger partial charge in [0.2, 0.25) is 0 Å². The Kier molecular flexibility index (Phi) is 5.97. The molecule has 1 aliphatic rings. The van der Waals surface area contributed by atoms with Crippen molar-refractivity contribution in [3.63, 3.8) is 0 Å². The van der Waals surface area contributed by atoms with Crippen molar-refractivity contribution in [1.82, 2.24) is 5.32 Å². The molecule has 128 valence electrons. The fourth-order valence-corrected chi connectivity index (χ4v) is 3.28. The topological polar surface area (TPSA) is 79.2 Å². The standard InChI is InChI=1S/C19H24N2O3/c1-12(2)16-9-4-13(3)10-17(16)24-19(23)21-18(22)15-7-5-14(11-20)6-8-15/h5-8,12-13,16-17H,4,9-10H2,1-3H3,(H,21,22,23). The predicted octanol–water partition coefficient (Wildman–Crippen LogP) is 3.89. The minimum atomic E-state index is -0.700. The van der Waals surface area contributed by atoms with E-state index < -0.39 is 12.0 Å². The highest BCUT2D eigenvalue weighted by Crippen LogP contribution is 2.35. The predicted molar refractivity (Wildman–Crippen MR) is 90.2 cm³/mol. The van der Waals surface area contributed by atoms with Crippen LogP contribution in [-0.4, -0.2) is 18.1 Å². The molecular formula is C19H24N2O3. The highest BCUT2D eigenvalue weighted by atomic mass is 16.6. The van der Waals surface area contributed by atoms with Crippen LogP contribution < -0.4 is 5.32 Å². The van der Waals surface area contributed by atoms with Crippen molar-refractivity contribution in [2.24, 2.45) is 17.8 Å². The molecule has 1 saturated carbocycles. The van der Waals surface area contributed by atoms with E-state index in [2.05, 4.69) is 26.1 Å². The number of nitrogens with zero attached hydrogens (tertiary/aromatic N) is 1. The number of carbonyl (C=O) groups is 2. The summed E-state index contributed by atoms with van der Waals surface area (Å²) in [6, 6.07) is 8.09. The molecule has 5 heteroatoms. The Morgan fingerprint density at radius 1 is 1.25 bits per heavy atom. The van der Waals surface area contributed by atoms with Gasteiger partial charge in [0.15, 0.2) is 0 Å². The van der Waals surface area contributed by atoms with Gasteiger partial charge in [0.1, 0.15) is 6.10 Å². The molecule has 2 rings (SSSR count). The van der Waals surface area contributed by atoms with Crippen LogP contribution in [0.15, 0.2) is 24.3 Å². The van der Waals surface area contributed by atoms with Crippen LogP contribution in [0.25, 0.3) is 0 Å². The molecule has 5 nitrogen and oxygen atoms in total. The molecule has 1 aromatic carbocycles. The zero-order valence-corrected chi connectivity index (χ0v) is 14.4. The summed E-state index contributed by atoms with van der Waals surface area (Å²) in [4.78, 5) is 24.2. The van der Waals surface area contributed by atoms with Crippen molar-refractivity contribution < 1.29 is 14.3 Å². The summed E-state index contributed by atoms with van der Waals surface area (Å²) in [7, 11) is 0. The van der Waals surface area contributed by atoms with Gasteiger partial charge in [-0.2, -0.15) is 5.26 Å². The van der Waals surface area contributed by atoms with Gasteiger partial charge in [0.25, 0.3) is 5.91 Å². The maximum Gasteiger partial charge on any atom is 0.414 e. The number of carbonyl (C=O) groups excluding carboxylic acids is 2. The molecular weight excluding hydrogens is 304 g/mol. The first-order chi connectivity index (χ1) is 11.4. The lowest BCUT2D eigenvalue weighted by molar-refractivity contribution is 0.00664. The van der Waals surface area contributed by atoms with Gasteiger partial charge in [-0.05, 0) is 54.9 Å². The second-order valence-electron chi connectivity index (χ2n) is 6.91. The minimum absolute atomic E-state index is 0.150. The molecule has 0 spiro atoms. The van der Waals surface area contributed by atoms with E-state index in [-0.39, 0.29) is 6.10 Å². The monoisotopic (exact) mass is 328 g/mol. The van der Waals surface area contributed by atoms with E-state index in [0.29, 0.717) is 28.9 Å². The van der Waals surface area contributed by atoms with Gasteiger partial charge >= 0.3 is 6.09 Å². The molecule has 0 bridgehead atoms. The Morgan fingerprint density at radius 2 is 1.92 bits per heavy atom. The van der Waals surface area contributed by atoms with Crippen molar-refractivity contribution in [2.45, 2.75) is 46.1 Å². The zero-order valence-electron chi connectivity index (χ0n) is 14.4. The lowest BCUT2D eigenvalue weighted by atomic mass is 9.75. The molecule has 1 aromatic rings. The number of rotatable bonds is 3. The van der Waals surface area contributed by atoms with Crippen LogP contribution >= 0.6 is 0 Å². The molecule has 0 saturated heterocycles. The zero-order chi connectivity index (χ0) is 17.7. The highest BCUT2D eigenvalue weighted by Gasteiger charge is 2.33. The number of hydrogen-bond acceptors (Lipinski definition) is 4. The van der Waals surface area contributed by atoms with Crippen molar-refractivity contribution >= 4 is 12.0 Å². The normalized spacial score (nSPS) is 23.4. The van der Waals surface area contributed by atoms with Crippen LogP contribution in [0.2, 0.25) is 0 Å². The molecule has 1 aliphatic carbocycles. The van der Waals surface area contributed by atoms with Crippen molar-refractivity contribution in [3.05, 3.63) is 35.4 Å². The average Bonchev–Trinajstić information content (AvgIpc) is 2.54. The first kappa shape index (κ1) is 18.0. The van der Waals surface area contributed by atoms with Crippen LogP contribution in [0, 0.1) is 29.1 Å². The number of amides is 2. The number of ether oxygens (including phenoxy) is 1. The lowest BCUT2D eigenvalue weighted by Gasteiger charge is -2.36. The van der Waals surface area contributed by atoms with Crippen LogP contribution in [0.1, 0.15) is 56.0 Å². The van der Waals surface area contributed by atoms with E-state index in [1.54, 1.807) is 0 Å². The first-order valence-corrected chi connectivity index (χ1v) is 8.42. The first-order valence-electron chi connectivity index (χ1n) is 8.42. The van der Waals surface area contributed by atoms with Crippen molar-refractivity contribution in [1.29, 1.82) is 5.26 Å². The molecule has 0 aromatic heterocycles. The number of imide groups is 1. The molecule has 0 aliphatic heterocycles. The second-order valence-corrected chi connectivity index (χ2v) is 6.91. The third-order valence-electron chi connectivity index (χ3n) is 4.71.